The van der Waals surface area contributed by atoms with Crippen LogP contribution in [0.1, 0.15) is 49.0 Å². The molecule has 0 spiro atoms. The molecule has 5 nitrogen and oxygen atoms in total. The number of amides is 2. The third kappa shape index (κ3) is 4.44. The molecule has 0 saturated carbocycles. The van der Waals surface area contributed by atoms with E-state index < -0.39 is 0 Å². The summed E-state index contributed by atoms with van der Waals surface area (Å²) >= 11 is 0. The SMILES string of the molecule is Cc1ccc(C(=O)N2CC(C)CC(C)C2)cc1NC(=O)C1CCCNC1. The molecule has 2 aliphatic heterocycles. The van der Waals surface area contributed by atoms with Crippen LogP contribution in [0.4, 0.5) is 5.69 Å². The van der Waals surface area contributed by atoms with E-state index in [1.54, 1.807) is 0 Å². The number of rotatable bonds is 3. The maximum absolute atomic E-state index is 12.9. The van der Waals surface area contributed by atoms with Gasteiger partial charge in [-0.1, -0.05) is 19.9 Å². The van der Waals surface area contributed by atoms with Crippen molar-refractivity contribution in [3.63, 3.8) is 0 Å². The number of carbonyl (C=O) groups excluding carboxylic acids is 2. The molecule has 1 aromatic rings. The van der Waals surface area contributed by atoms with Crippen LogP contribution in [0, 0.1) is 24.7 Å². The highest BCUT2D eigenvalue weighted by atomic mass is 16.2. The Morgan fingerprint density at radius 3 is 2.58 bits per heavy atom. The summed E-state index contributed by atoms with van der Waals surface area (Å²) in [5, 5.41) is 6.32. The van der Waals surface area contributed by atoms with Gasteiger partial charge in [-0.05, 0) is 62.3 Å². The van der Waals surface area contributed by atoms with Gasteiger partial charge in [0.2, 0.25) is 5.91 Å². The molecule has 3 rings (SSSR count). The van der Waals surface area contributed by atoms with Gasteiger partial charge in [-0.3, -0.25) is 9.59 Å². The first-order chi connectivity index (χ1) is 12.4. The Kier molecular flexibility index (Phi) is 5.97. The highest BCUT2D eigenvalue weighted by molar-refractivity contribution is 5.98. The van der Waals surface area contributed by atoms with Gasteiger partial charge >= 0.3 is 0 Å². The predicted octanol–water partition coefficient (Wildman–Crippen LogP) is 3.05. The summed E-state index contributed by atoms with van der Waals surface area (Å²) in [6.45, 7) is 9.71. The molecule has 2 aliphatic rings. The van der Waals surface area contributed by atoms with E-state index in [0.29, 0.717) is 17.4 Å². The summed E-state index contributed by atoms with van der Waals surface area (Å²) in [6.07, 6.45) is 3.12. The van der Waals surface area contributed by atoms with E-state index in [4.69, 9.17) is 0 Å². The maximum Gasteiger partial charge on any atom is 0.253 e. The summed E-state index contributed by atoms with van der Waals surface area (Å²) < 4.78 is 0. The molecule has 1 aromatic carbocycles. The van der Waals surface area contributed by atoms with E-state index in [0.717, 1.165) is 50.3 Å². The Labute approximate surface area is 156 Å². The second-order valence-corrected chi connectivity index (χ2v) is 8.22. The molecule has 2 saturated heterocycles. The fraction of sp³-hybridized carbons (Fsp3) is 0.619. The van der Waals surface area contributed by atoms with E-state index in [-0.39, 0.29) is 17.7 Å². The van der Waals surface area contributed by atoms with Crippen molar-refractivity contribution >= 4 is 17.5 Å². The van der Waals surface area contributed by atoms with E-state index >= 15 is 0 Å². The molecule has 2 amide bonds. The van der Waals surface area contributed by atoms with Gasteiger partial charge < -0.3 is 15.5 Å². The van der Waals surface area contributed by atoms with Crippen molar-refractivity contribution in [2.45, 2.75) is 40.0 Å². The molecule has 2 heterocycles. The van der Waals surface area contributed by atoms with Crippen LogP contribution in [0.5, 0.6) is 0 Å². The molecule has 0 radical (unpaired) electrons. The first-order valence-corrected chi connectivity index (χ1v) is 9.85. The Bertz CT molecular complexity index is 657. The van der Waals surface area contributed by atoms with E-state index in [1.165, 1.54) is 6.42 Å². The molecule has 2 fully saturated rings. The molecular formula is C21H31N3O2. The van der Waals surface area contributed by atoms with Crippen LogP contribution < -0.4 is 10.6 Å². The fourth-order valence-electron chi connectivity index (χ4n) is 4.21. The average Bonchev–Trinajstić information content (AvgIpc) is 2.63. The lowest BCUT2D eigenvalue weighted by Crippen LogP contribution is -2.42. The summed E-state index contributed by atoms with van der Waals surface area (Å²) in [5.74, 6) is 1.19. The van der Waals surface area contributed by atoms with Crippen molar-refractivity contribution in [3.05, 3.63) is 29.3 Å². The zero-order valence-electron chi connectivity index (χ0n) is 16.2. The Morgan fingerprint density at radius 2 is 1.92 bits per heavy atom. The number of benzene rings is 1. The van der Waals surface area contributed by atoms with Crippen LogP contribution >= 0.6 is 0 Å². The molecule has 2 N–H and O–H groups in total. The first-order valence-electron chi connectivity index (χ1n) is 9.85. The lowest BCUT2D eigenvalue weighted by atomic mass is 9.91. The molecule has 0 bridgehead atoms. The number of likely N-dealkylation sites (tertiary alicyclic amines) is 1. The monoisotopic (exact) mass is 357 g/mol. The van der Waals surface area contributed by atoms with Crippen LogP contribution in [0.15, 0.2) is 18.2 Å². The van der Waals surface area contributed by atoms with Crippen molar-refractivity contribution in [2.75, 3.05) is 31.5 Å². The van der Waals surface area contributed by atoms with Crippen LogP contribution in [0.3, 0.4) is 0 Å². The fourth-order valence-corrected chi connectivity index (χ4v) is 4.21. The smallest absolute Gasteiger partial charge is 0.253 e. The van der Waals surface area contributed by atoms with Gasteiger partial charge in [0.05, 0.1) is 5.92 Å². The normalized spacial score (nSPS) is 26.4. The molecule has 5 heteroatoms. The Morgan fingerprint density at radius 1 is 1.19 bits per heavy atom. The number of piperidine rings is 2. The third-order valence-electron chi connectivity index (χ3n) is 5.57. The Hall–Kier alpha value is -1.88. The summed E-state index contributed by atoms with van der Waals surface area (Å²) in [5.41, 5.74) is 2.40. The van der Waals surface area contributed by atoms with E-state index in [2.05, 4.69) is 24.5 Å². The summed E-state index contributed by atoms with van der Waals surface area (Å²) in [6, 6.07) is 5.65. The number of nitrogens with one attached hydrogen (secondary N) is 2. The summed E-state index contributed by atoms with van der Waals surface area (Å²) in [4.78, 5) is 27.4. The van der Waals surface area contributed by atoms with Crippen LogP contribution in [-0.4, -0.2) is 42.9 Å². The minimum Gasteiger partial charge on any atom is -0.338 e. The van der Waals surface area contributed by atoms with Gasteiger partial charge in [0.15, 0.2) is 0 Å². The van der Waals surface area contributed by atoms with Crippen molar-refractivity contribution in [1.82, 2.24) is 10.2 Å². The van der Waals surface area contributed by atoms with E-state index in [9.17, 15) is 9.59 Å². The largest absolute Gasteiger partial charge is 0.338 e. The average molecular weight is 357 g/mol. The molecule has 3 unspecified atom stereocenters. The van der Waals surface area contributed by atoms with Crippen molar-refractivity contribution in [2.24, 2.45) is 17.8 Å². The lowest BCUT2D eigenvalue weighted by molar-refractivity contribution is -0.120. The van der Waals surface area contributed by atoms with Crippen molar-refractivity contribution in [1.29, 1.82) is 0 Å². The Balaban J connectivity index is 1.72. The number of hydrogen-bond acceptors (Lipinski definition) is 3. The van der Waals surface area contributed by atoms with Crippen molar-refractivity contribution in [3.8, 4) is 0 Å². The highest BCUT2D eigenvalue weighted by Crippen LogP contribution is 2.25. The van der Waals surface area contributed by atoms with Crippen LogP contribution in [-0.2, 0) is 4.79 Å². The quantitative estimate of drug-likeness (QED) is 0.874. The number of carbonyl (C=O) groups is 2. The summed E-state index contributed by atoms with van der Waals surface area (Å²) in [7, 11) is 0. The van der Waals surface area contributed by atoms with Crippen molar-refractivity contribution < 1.29 is 9.59 Å². The van der Waals surface area contributed by atoms with Gasteiger partial charge in [0, 0.05) is 30.9 Å². The number of aryl methyl sites for hydroxylation is 1. The second kappa shape index (κ2) is 8.21. The topological polar surface area (TPSA) is 61.4 Å². The van der Waals surface area contributed by atoms with Crippen LogP contribution in [0.25, 0.3) is 0 Å². The highest BCUT2D eigenvalue weighted by Gasteiger charge is 2.27. The molecule has 142 valence electrons. The zero-order valence-corrected chi connectivity index (χ0v) is 16.2. The van der Waals surface area contributed by atoms with Gasteiger partial charge in [-0.25, -0.2) is 0 Å². The first kappa shape index (κ1) is 18.9. The number of anilines is 1. The third-order valence-corrected chi connectivity index (χ3v) is 5.57. The zero-order chi connectivity index (χ0) is 18.7. The molecule has 3 atom stereocenters. The van der Waals surface area contributed by atoms with E-state index in [1.807, 2.05) is 30.0 Å². The molecule has 0 aliphatic carbocycles. The second-order valence-electron chi connectivity index (χ2n) is 8.22. The van der Waals surface area contributed by atoms with Gasteiger partial charge in [0.1, 0.15) is 0 Å². The molecule has 26 heavy (non-hydrogen) atoms. The number of hydrogen-bond donors (Lipinski definition) is 2. The molecular weight excluding hydrogens is 326 g/mol. The van der Waals surface area contributed by atoms with Gasteiger partial charge in [0.25, 0.3) is 5.91 Å². The lowest BCUT2D eigenvalue weighted by Gasteiger charge is -2.35. The minimum absolute atomic E-state index is 0.00583. The number of nitrogens with zero attached hydrogens (tertiary/aromatic N) is 1. The van der Waals surface area contributed by atoms with Gasteiger partial charge in [-0.15, -0.1) is 0 Å². The van der Waals surface area contributed by atoms with Gasteiger partial charge in [-0.2, -0.15) is 0 Å². The maximum atomic E-state index is 12.9. The van der Waals surface area contributed by atoms with Crippen LogP contribution in [0.2, 0.25) is 0 Å². The molecule has 0 aromatic heterocycles. The predicted molar refractivity (Wildman–Crippen MR) is 104 cm³/mol. The minimum atomic E-state index is 0.00583. The standard InChI is InChI=1S/C21H31N3O2/c1-14-9-15(2)13-24(12-14)21(26)17-7-6-16(3)19(10-17)23-20(25)18-5-4-8-22-11-18/h6-7,10,14-15,18,22H,4-5,8-9,11-13H2,1-3H3,(H,23,25).